The van der Waals surface area contributed by atoms with E-state index >= 15 is 0 Å². The number of hydrogen-bond acceptors (Lipinski definition) is 3. The van der Waals surface area contributed by atoms with Crippen molar-refractivity contribution in [1.82, 2.24) is 4.98 Å². The van der Waals surface area contributed by atoms with Gasteiger partial charge in [0.1, 0.15) is 17.6 Å². The molecule has 0 saturated carbocycles. The highest BCUT2D eigenvalue weighted by atomic mass is 16.5. The minimum atomic E-state index is -0.0666. The predicted molar refractivity (Wildman–Crippen MR) is 89.3 cm³/mol. The lowest BCUT2D eigenvalue weighted by Gasteiger charge is -2.24. The van der Waals surface area contributed by atoms with Gasteiger partial charge in [0.15, 0.2) is 0 Å². The molecule has 3 aromatic rings. The van der Waals surface area contributed by atoms with Crippen LogP contribution in [-0.4, -0.2) is 25.8 Å². The molecule has 4 rings (SSSR count). The van der Waals surface area contributed by atoms with Gasteiger partial charge >= 0.3 is 0 Å². The summed E-state index contributed by atoms with van der Waals surface area (Å²) in [6.45, 7) is 0.716. The van der Waals surface area contributed by atoms with Gasteiger partial charge in [-0.1, -0.05) is 12.1 Å². The SMILES string of the molecule is COc1ccc([C@@H]2OCCc3c2[nH]c2ccc(OC)cc32)cc1. The minimum Gasteiger partial charge on any atom is -0.497 e. The van der Waals surface area contributed by atoms with Gasteiger partial charge in [-0.25, -0.2) is 0 Å². The van der Waals surface area contributed by atoms with Crippen LogP contribution in [0.2, 0.25) is 0 Å². The average molecular weight is 309 g/mol. The van der Waals surface area contributed by atoms with Gasteiger partial charge in [0.25, 0.3) is 0 Å². The second kappa shape index (κ2) is 5.63. The van der Waals surface area contributed by atoms with Gasteiger partial charge in [-0.15, -0.1) is 0 Å². The summed E-state index contributed by atoms with van der Waals surface area (Å²) < 4.78 is 16.6. The van der Waals surface area contributed by atoms with Crippen LogP contribution in [0.25, 0.3) is 10.9 Å². The Balaban J connectivity index is 1.81. The number of rotatable bonds is 3. The van der Waals surface area contributed by atoms with Crippen LogP contribution in [0.3, 0.4) is 0 Å². The molecule has 0 saturated heterocycles. The van der Waals surface area contributed by atoms with E-state index in [9.17, 15) is 0 Å². The molecule has 4 nitrogen and oxygen atoms in total. The van der Waals surface area contributed by atoms with Crippen molar-refractivity contribution in [3.8, 4) is 11.5 Å². The van der Waals surface area contributed by atoms with Crippen LogP contribution in [0.1, 0.15) is 22.9 Å². The van der Waals surface area contributed by atoms with Gasteiger partial charge in [0, 0.05) is 10.9 Å². The number of hydrogen-bond donors (Lipinski definition) is 1. The molecule has 1 aliphatic heterocycles. The lowest BCUT2D eigenvalue weighted by molar-refractivity contribution is 0.0677. The Morgan fingerprint density at radius 3 is 2.48 bits per heavy atom. The molecule has 0 amide bonds. The fraction of sp³-hybridized carbons (Fsp3) is 0.263. The lowest BCUT2D eigenvalue weighted by Crippen LogP contribution is -2.16. The Labute approximate surface area is 135 Å². The van der Waals surface area contributed by atoms with Crippen molar-refractivity contribution in [3.63, 3.8) is 0 Å². The Hall–Kier alpha value is -2.46. The van der Waals surface area contributed by atoms with E-state index in [2.05, 4.69) is 29.2 Å². The van der Waals surface area contributed by atoms with E-state index in [0.717, 1.165) is 34.7 Å². The van der Waals surface area contributed by atoms with Crippen LogP contribution < -0.4 is 9.47 Å². The summed E-state index contributed by atoms with van der Waals surface area (Å²) in [5.74, 6) is 1.73. The molecule has 0 unspecified atom stereocenters. The van der Waals surface area contributed by atoms with Crippen LogP contribution in [0.15, 0.2) is 42.5 Å². The highest BCUT2D eigenvalue weighted by Gasteiger charge is 2.26. The Morgan fingerprint density at radius 2 is 1.74 bits per heavy atom. The van der Waals surface area contributed by atoms with Crippen molar-refractivity contribution in [2.75, 3.05) is 20.8 Å². The molecule has 2 heterocycles. The third kappa shape index (κ3) is 2.35. The molecule has 1 aromatic heterocycles. The van der Waals surface area contributed by atoms with E-state index in [0.29, 0.717) is 6.61 Å². The fourth-order valence-electron chi connectivity index (χ4n) is 3.27. The Kier molecular flexibility index (Phi) is 3.46. The van der Waals surface area contributed by atoms with E-state index in [1.54, 1.807) is 14.2 Å². The minimum absolute atomic E-state index is 0.0666. The van der Waals surface area contributed by atoms with E-state index in [1.807, 2.05) is 18.2 Å². The van der Waals surface area contributed by atoms with Crippen LogP contribution in [0.4, 0.5) is 0 Å². The molecule has 0 spiro atoms. The summed E-state index contributed by atoms with van der Waals surface area (Å²) >= 11 is 0. The highest BCUT2D eigenvalue weighted by molar-refractivity contribution is 5.86. The summed E-state index contributed by atoms with van der Waals surface area (Å²) in [5.41, 5.74) is 4.72. The molecule has 4 heteroatoms. The quantitative estimate of drug-likeness (QED) is 0.799. The van der Waals surface area contributed by atoms with E-state index in [1.165, 1.54) is 10.9 Å². The number of nitrogens with one attached hydrogen (secondary N) is 1. The van der Waals surface area contributed by atoms with Crippen LogP contribution in [-0.2, 0) is 11.2 Å². The van der Waals surface area contributed by atoms with Crippen molar-refractivity contribution in [2.45, 2.75) is 12.5 Å². The van der Waals surface area contributed by atoms with Crippen LogP contribution in [0.5, 0.6) is 11.5 Å². The molecule has 23 heavy (non-hydrogen) atoms. The van der Waals surface area contributed by atoms with Crippen molar-refractivity contribution >= 4 is 10.9 Å². The number of H-pyrrole nitrogens is 1. The molecular formula is C19H19NO3. The van der Waals surface area contributed by atoms with Crippen molar-refractivity contribution in [3.05, 3.63) is 59.3 Å². The van der Waals surface area contributed by atoms with Gasteiger partial charge in [-0.3, -0.25) is 0 Å². The third-order valence-electron chi connectivity index (χ3n) is 4.46. The zero-order valence-electron chi connectivity index (χ0n) is 13.3. The first-order valence-electron chi connectivity index (χ1n) is 7.74. The Morgan fingerprint density at radius 1 is 1.00 bits per heavy atom. The van der Waals surface area contributed by atoms with E-state index in [4.69, 9.17) is 14.2 Å². The van der Waals surface area contributed by atoms with E-state index in [-0.39, 0.29) is 6.10 Å². The maximum absolute atomic E-state index is 6.05. The maximum atomic E-state index is 6.05. The van der Waals surface area contributed by atoms with Gasteiger partial charge in [0.2, 0.25) is 0 Å². The zero-order chi connectivity index (χ0) is 15.8. The average Bonchev–Trinajstić information content (AvgIpc) is 2.99. The molecular weight excluding hydrogens is 290 g/mol. The molecule has 0 aliphatic carbocycles. The van der Waals surface area contributed by atoms with Crippen LogP contribution >= 0.6 is 0 Å². The smallest absolute Gasteiger partial charge is 0.123 e. The predicted octanol–water partition coefficient (Wildman–Crippen LogP) is 3.85. The first-order chi connectivity index (χ1) is 11.3. The number of aromatic amines is 1. The first kappa shape index (κ1) is 14.2. The molecule has 1 aliphatic rings. The highest BCUT2D eigenvalue weighted by Crippen LogP contribution is 2.37. The number of aromatic nitrogens is 1. The van der Waals surface area contributed by atoms with Gasteiger partial charge in [0.05, 0.1) is 26.5 Å². The first-order valence-corrected chi connectivity index (χ1v) is 7.74. The van der Waals surface area contributed by atoms with Gasteiger partial charge in [-0.05, 0) is 47.9 Å². The normalized spacial score (nSPS) is 17.0. The molecule has 118 valence electrons. The van der Waals surface area contributed by atoms with Crippen molar-refractivity contribution in [1.29, 1.82) is 0 Å². The summed E-state index contributed by atoms with van der Waals surface area (Å²) in [6.07, 6.45) is 0.845. The van der Waals surface area contributed by atoms with Gasteiger partial charge < -0.3 is 19.2 Å². The largest absolute Gasteiger partial charge is 0.497 e. The maximum Gasteiger partial charge on any atom is 0.123 e. The monoisotopic (exact) mass is 309 g/mol. The second-order valence-electron chi connectivity index (χ2n) is 5.70. The number of ether oxygens (including phenoxy) is 3. The molecule has 0 radical (unpaired) electrons. The topological polar surface area (TPSA) is 43.5 Å². The lowest BCUT2D eigenvalue weighted by atomic mass is 9.97. The fourth-order valence-corrected chi connectivity index (χ4v) is 3.27. The second-order valence-corrected chi connectivity index (χ2v) is 5.70. The summed E-state index contributed by atoms with van der Waals surface area (Å²) in [4.78, 5) is 3.53. The van der Waals surface area contributed by atoms with Crippen LogP contribution in [0, 0.1) is 0 Å². The number of methoxy groups -OCH3 is 2. The summed E-state index contributed by atoms with van der Waals surface area (Å²) in [6, 6.07) is 14.2. The summed E-state index contributed by atoms with van der Waals surface area (Å²) in [5, 5.41) is 1.22. The molecule has 0 fully saturated rings. The standard InChI is InChI=1S/C19H19NO3/c1-21-13-5-3-12(4-6-13)19-18-15(9-10-23-19)16-11-14(22-2)7-8-17(16)20-18/h3-8,11,19-20H,9-10H2,1-2H3/t19-/m0/s1. The van der Waals surface area contributed by atoms with Gasteiger partial charge in [-0.2, -0.15) is 0 Å². The Bertz CT molecular complexity index is 836. The zero-order valence-corrected chi connectivity index (χ0v) is 13.3. The molecule has 1 atom stereocenters. The van der Waals surface area contributed by atoms with E-state index < -0.39 is 0 Å². The molecule has 1 N–H and O–H groups in total. The molecule has 0 bridgehead atoms. The number of fused-ring (bicyclic) bond motifs is 3. The van der Waals surface area contributed by atoms with Crippen molar-refractivity contribution in [2.24, 2.45) is 0 Å². The van der Waals surface area contributed by atoms with Crippen molar-refractivity contribution < 1.29 is 14.2 Å². The summed E-state index contributed by atoms with van der Waals surface area (Å²) in [7, 11) is 3.37. The number of benzene rings is 2. The third-order valence-corrected chi connectivity index (χ3v) is 4.46. The molecule has 2 aromatic carbocycles.